The maximum atomic E-state index is 12.7. The van der Waals surface area contributed by atoms with Gasteiger partial charge in [0.2, 0.25) is 11.7 Å². The molecule has 0 aliphatic carbocycles. The van der Waals surface area contributed by atoms with Gasteiger partial charge in [0.05, 0.1) is 27.8 Å². The first-order chi connectivity index (χ1) is 12.4. The van der Waals surface area contributed by atoms with Crippen molar-refractivity contribution in [2.45, 2.75) is 26.8 Å². The molecule has 140 valence electrons. The molecule has 0 bridgehead atoms. The molecule has 1 amide bonds. The first kappa shape index (κ1) is 19.6. The fourth-order valence-corrected chi connectivity index (χ4v) is 2.91. The summed E-state index contributed by atoms with van der Waals surface area (Å²) in [6, 6.07) is 9.90. The van der Waals surface area contributed by atoms with Crippen molar-refractivity contribution in [1.82, 2.24) is 4.90 Å². The van der Waals surface area contributed by atoms with E-state index in [1.807, 2.05) is 19.2 Å². The summed E-state index contributed by atoms with van der Waals surface area (Å²) in [4.78, 5) is 14.4. The van der Waals surface area contributed by atoms with E-state index in [4.69, 9.17) is 14.2 Å². The van der Waals surface area contributed by atoms with Crippen LogP contribution in [-0.2, 0) is 17.8 Å². The van der Waals surface area contributed by atoms with Crippen LogP contribution >= 0.6 is 0 Å². The number of amides is 1. The van der Waals surface area contributed by atoms with Gasteiger partial charge in [0, 0.05) is 13.6 Å². The highest BCUT2D eigenvalue weighted by atomic mass is 16.5. The Kier molecular flexibility index (Phi) is 6.50. The van der Waals surface area contributed by atoms with E-state index in [1.54, 1.807) is 26.2 Å². The summed E-state index contributed by atoms with van der Waals surface area (Å²) in [5.74, 6) is 1.65. The summed E-state index contributed by atoms with van der Waals surface area (Å²) in [5, 5.41) is 0. The molecule has 0 aliphatic heterocycles. The molecule has 0 unspecified atom stereocenters. The van der Waals surface area contributed by atoms with E-state index in [-0.39, 0.29) is 12.3 Å². The molecule has 0 saturated carbocycles. The fourth-order valence-electron chi connectivity index (χ4n) is 2.91. The average Bonchev–Trinajstić information content (AvgIpc) is 2.62. The second kappa shape index (κ2) is 8.61. The Balaban J connectivity index is 2.15. The van der Waals surface area contributed by atoms with Crippen molar-refractivity contribution in [3.63, 3.8) is 0 Å². The molecule has 5 nitrogen and oxygen atoms in total. The number of benzene rings is 2. The molecule has 0 radical (unpaired) electrons. The van der Waals surface area contributed by atoms with E-state index in [1.165, 1.54) is 11.1 Å². The van der Waals surface area contributed by atoms with Crippen LogP contribution in [0.4, 0.5) is 0 Å². The second-order valence-corrected chi connectivity index (χ2v) is 6.39. The summed E-state index contributed by atoms with van der Waals surface area (Å²) in [6.07, 6.45) is 0.262. The zero-order chi connectivity index (χ0) is 19.3. The number of rotatable bonds is 7. The van der Waals surface area contributed by atoms with E-state index in [9.17, 15) is 4.79 Å². The number of hydrogen-bond donors (Lipinski definition) is 0. The predicted molar refractivity (Wildman–Crippen MR) is 102 cm³/mol. The Labute approximate surface area is 155 Å². The molecular formula is C21H27NO4. The Bertz CT molecular complexity index is 761. The number of ether oxygens (including phenoxy) is 3. The van der Waals surface area contributed by atoms with Crippen molar-refractivity contribution in [2.75, 3.05) is 28.4 Å². The molecule has 0 aromatic heterocycles. The quantitative estimate of drug-likeness (QED) is 0.761. The van der Waals surface area contributed by atoms with Gasteiger partial charge in [-0.15, -0.1) is 0 Å². The highest BCUT2D eigenvalue weighted by Crippen LogP contribution is 2.38. The minimum atomic E-state index is 0.0271. The van der Waals surface area contributed by atoms with Gasteiger partial charge in [-0.3, -0.25) is 4.79 Å². The van der Waals surface area contributed by atoms with Crippen molar-refractivity contribution in [3.8, 4) is 17.2 Å². The number of methoxy groups -OCH3 is 3. The summed E-state index contributed by atoms with van der Waals surface area (Å²) >= 11 is 0. The van der Waals surface area contributed by atoms with E-state index in [0.29, 0.717) is 23.8 Å². The van der Waals surface area contributed by atoms with Crippen LogP contribution in [0, 0.1) is 13.8 Å². The van der Waals surface area contributed by atoms with E-state index >= 15 is 0 Å². The van der Waals surface area contributed by atoms with E-state index in [2.05, 4.69) is 32.0 Å². The lowest BCUT2D eigenvalue weighted by molar-refractivity contribution is -0.129. The number of hydrogen-bond acceptors (Lipinski definition) is 4. The third kappa shape index (κ3) is 4.48. The Morgan fingerprint density at radius 2 is 1.58 bits per heavy atom. The van der Waals surface area contributed by atoms with Crippen molar-refractivity contribution >= 4 is 5.91 Å². The lowest BCUT2D eigenvalue weighted by atomic mass is 10.0. The monoisotopic (exact) mass is 357 g/mol. The van der Waals surface area contributed by atoms with Crippen LogP contribution in [0.5, 0.6) is 17.2 Å². The minimum absolute atomic E-state index is 0.0271. The zero-order valence-electron chi connectivity index (χ0n) is 16.4. The maximum absolute atomic E-state index is 12.7. The molecule has 0 aliphatic rings. The molecule has 5 heteroatoms. The van der Waals surface area contributed by atoms with Crippen LogP contribution in [0.15, 0.2) is 30.3 Å². The van der Waals surface area contributed by atoms with Crippen LogP contribution < -0.4 is 14.2 Å². The van der Waals surface area contributed by atoms with E-state index < -0.39 is 0 Å². The van der Waals surface area contributed by atoms with Gasteiger partial charge in [0.15, 0.2) is 11.5 Å². The first-order valence-corrected chi connectivity index (χ1v) is 8.48. The van der Waals surface area contributed by atoms with Crippen LogP contribution in [0.2, 0.25) is 0 Å². The van der Waals surface area contributed by atoms with Gasteiger partial charge >= 0.3 is 0 Å². The lowest BCUT2D eigenvalue weighted by Gasteiger charge is -2.20. The number of carbonyl (C=O) groups excluding carboxylic acids is 1. The van der Waals surface area contributed by atoms with Crippen molar-refractivity contribution in [3.05, 3.63) is 52.6 Å². The number of likely N-dealkylation sites (N-methyl/N-ethyl adjacent to an activating group) is 1. The largest absolute Gasteiger partial charge is 0.493 e. The minimum Gasteiger partial charge on any atom is -0.493 e. The topological polar surface area (TPSA) is 48.0 Å². The van der Waals surface area contributed by atoms with Crippen LogP contribution in [0.3, 0.4) is 0 Å². The van der Waals surface area contributed by atoms with Gasteiger partial charge in [-0.2, -0.15) is 0 Å². The van der Waals surface area contributed by atoms with Gasteiger partial charge in [-0.05, 0) is 42.7 Å². The van der Waals surface area contributed by atoms with Crippen molar-refractivity contribution in [2.24, 2.45) is 0 Å². The molecule has 2 aromatic rings. The molecule has 0 atom stereocenters. The third-order valence-corrected chi connectivity index (χ3v) is 4.41. The molecule has 2 aromatic carbocycles. The maximum Gasteiger partial charge on any atom is 0.227 e. The predicted octanol–water partition coefficient (Wildman–Crippen LogP) is 3.53. The SMILES string of the molecule is COc1cc(CC(=O)N(C)Cc2ccc(C)cc2C)cc(OC)c1OC. The van der Waals surface area contributed by atoms with Gasteiger partial charge in [0.1, 0.15) is 0 Å². The molecule has 26 heavy (non-hydrogen) atoms. The normalized spacial score (nSPS) is 10.4. The van der Waals surface area contributed by atoms with Gasteiger partial charge in [0.25, 0.3) is 0 Å². The molecule has 0 fully saturated rings. The number of nitrogens with zero attached hydrogens (tertiary/aromatic N) is 1. The second-order valence-electron chi connectivity index (χ2n) is 6.39. The molecule has 0 spiro atoms. The van der Waals surface area contributed by atoms with Crippen molar-refractivity contribution < 1.29 is 19.0 Å². The van der Waals surface area contributed by atoms with Crippen LogP contribution in [-0.4, -0.2) is 39.2 Å². The van der Waals surface area contributed by atoms with Crippen molar-refractivity contribution in [1.29, 1.82) is 0 Å². The molecule has 0 heterocycles. The molecule has 2 rings (SSSR count). The Hall–Kier alpha value is -2.69. The summed E-state index contributed by atoms with van der Waals surface area (Å²) in [7, 11) is 6.51. The molecular weight excluding hydrogens is 330 g/mol. The van der Waals surface area contributed by atoms with Crippen LogP contribution in [0.25, 0.3) is 0 Å². The molecule has 0 N–H and O–H groups in total. The summed E-state index contributed by atoms with van der Waals surface area (Å²) < 4.78 is 16.0. The first-order valence-electron chi connectivity index (χ1n) is 8.48. The Morgan fingerprint density at radius 3 is 2.08 bits per heavy atom. The highest BCUT2D eigenvalue weighted by Gasteiger charge is 2.17. The van der Waals surface area contributed by atoms with Gasteiger partial charge in [-0.25, -0.2) is 0 Å². The summed E-state index contributed by atoms with van der Waals surface area (Å²) in [5.41, 5.74) is 4.38. The number of aryl methyl sites for hydroxylation is 2. The fraction of sp³-hybridized carbons (Fsp3) is 0.381. The smallest absolute Gasteiger partial charge is 0.227 e. The lowest BCUT2D eigenvalue weighted by Crippen LogP contribution is -2.28. The zero-order valence-corrected chi connectivity index (χ0v) is 16.4. The standard InChI is InChI=1S/C21H27NO4/c1-14-7-8-17(15(2)9-14)13-22(3)20(23)12-16-10-18(24-4)21(26-6)19(11-16)25-5/h7-11H,12-13H2,1-6H3. The molecule has 0 saturated heterocycles. The number of carbonyl (C=O) groups is 1. The Morgan fingerprint density at radius 1 is 0.962 bits per heavy atom. The van der Waals surface area contributed by atoms with Crippen LogP contribution in [0.1, 0.15) is 22.3 Å². The summed E-state index contributed by atoms with van der Waals surface area (Å²) in [6.45, 7) is 4.71. The average molecular weight is 357 g/mol. The third-order valence-electron chi connectivity index (χ3n) is 4.41. The van der Waals surface area contributed by atoms with E-state index in [0.717, 1.165) is 11.1 Å². The van der Waals surface area contributed by atoms with Gasteiger partial charge in [-0.1, -0.05) is 23.8 Å². The van der Waals surface area contributed by atoms with Gasteiger partial charge < -0.3 is 19.1 Å². The highest BCUT2D eigenvalue weighted by molar-refractivity contribution is 5.79.